The maximum Gasteiger partial charge on any atom is 0.273 e. The smallest absolute Gasteiger partial charge is 0.273 e. The average Bonchev–Trinajstić information content (AvgIpc) is 3.43. The van der Waals surface area contributed by atoms with Crippen molar-refractivity contribution in [1.29, 1.82) is 0 Å². The van der Waals surface area contributed by atoms with E-state index in [2.05, 4.69) is 15.0 Å². The van der Waals surface area contributed by atoms with Crippen molar-refractivity contribution in [2.75, 3.05) is 17.2 Å². The summed E-state index contributed by atoms with van der Waals surface area (Å²) in [6.45, 7) is 4.13. The number of nitrogen functional groups attached to an aromatic ring is 1. The van der Waals surface area contributed by atoms with Gasteiger partial charge >= 0.3 is 0 Å². The molecule has 1 aliphatic carbocycles. The van der Waals surface area contributed by atoms with Gasteiger partial charge < -0.3 is 21.5 Å². The average molecular weight is 626 g/mol. The predicted molar refractivity (Wildman–Crippen MR) is 178 cm³/mol. The van der Waals surface area contributed by atoms with Crippen molar-refractivity contribution in [3.05, 3.63) is 106 Å². The monoisotopic (exact) mass is 625 g/mol. The molecule has 1 atom stereocenters. The summed E-state index contributed by atoms with van der Waals surface area (Å²) in [5.74, 6) is -1.32. The van der Waals surface area contributed by atoms with Crippen LogP contribution in [-0.4, -0.2) is 39.8 Å². The van der Waals surface area contributed by atoms with Crippen LogP contribution in [0, 0.1) is 13.8 Å². The van der Waals surface area contributed by atoms with Crippen molar-refractivity contribution in [2.24, 2.45) is 0 Å². The van der Waals surface area contributed by atoms with E-state index in [9.17, 15) is 19.5 Å². The van der Waals surface area contributed by atoms with Crippen molar-refractivity contribution in [2.45, 2.75) is 64.5 Å². The normalized spacial score (nSPS) is 14.0. The van der Waals surface area contributed by atoms with Crippen molar-refractivity contribution < 1.29 is 19.5 Å². The fourth-order valence-electron chi connectivity index (χ4n) is 5.72. The number of nitrogens with one attached hydrogen (secondary N) is 2. The molecule has 1 saturated carbocycles. The van der Waals surface area contributed by atoms with Crippen molar-refractivity contribution >= 4 is 40.6 Å². The summed E-state index contributed by atoms with van der Waals surface area (Å²) in [7, 11) is 0. The molecular formula is C35H39N5O4S. The number of aromatic nitrogens is 1. The van der Waals surface area contributed by atoms with Gasteiger partial charge in [-0.25, -0.2) is 0 Å². The number of carbonyl (C=O) groups excluding carboxylic acids is 3. The summed E-state index contributed by atoms with van der Waals surface area (Å²) in [6, 6.07) is 20.7. The highest BCUT2D eigenvalue weighted by Crippen LogP contribution is 2.36. The standard InChI is InChI=1S/C35H39N5O4S/c1-22-13-14-23(2)28(21-22)40(35(44)32-29(36)30(39-45-32)33(42)38-26-11-7-4-8-12-26)31(25-15-17-27(41)18-16-25)34(43)37-20-19-24-9-5-3-6-10-24/h3,5-6,9-10,13-18,21,26,31,41H,4,7-8,11-12,19-20,36H2,1-2H3,(H,37,43)(H,38,42)/t31-/m0/s1. The Balaban J connectivity index is 1.52. The minimum Gasteiger partial charge on any atom is -0.508 e. The van der Waals surface area contributed by atoms with E-state index in [1.807, 2.05) is 62.4 Å². The quantitative estimate of drug-likeness (QED) is 0.174. The highest BCUT2D eigenvalue weighted by molar-refractivity contribution is 7.09. The van der Waals surface area contributed by atoms with Gasteiger partial charge in [-0.15, -0.1) is 0 Å². The van der Waals surface area contributed by atoms with Gasteiger partial charge in [-0.2, -0.15) is 4.37 Å². The molecule has 1 aromatic heterocycles. The zero-order valence-electron chi connectivity index (χ0n) is 25.6. The van der Waals surface area contributed by atoms with Crippen molar-refractivity contribution in [3.63, 3.8) is 0 Å². The summed E-state index contributed by atoms with van der Waals surface area (Å²) in [5.41, 5.74) is 10.2. The van der Waals surface area contributed by atoms with Crippen LogP contribution in [-0.2, 0) is 11.2 Å². The molecule has 0 bridgehead atoms. The fourth-order valence-corrected chi connectivity index (χ4v) is 6.45. The SMILES string of the molecule is Cc1ccc(C)c(N(C(=O)c2snc(C(=O)NC3CCCCC3)c2N)[C@H](C(=O)NCCc2ccccc2)c2ccc(O)cc2)c1. The highest BCUT2D eigenvalue weighted by Gasteiger charge is 2.37. The number of anilines is 2. The van der Waals surface area contributed by atoms with Gasteiger partial charge in [-0.1, -0.05) is 73.9 Å². The Kier molecular flexibility index (Phi) is 10.1. The molecule has 10 heteroatoms. The van der Waals surface area contributed by atoms with Crippen molar-refractivity contribution in [3.8, 4) is 5.75 Å². The molecule has 234 valence electrons. The van der Waals surface area contributed by atoms with Gasteiger partial charge in [0.25, 0.3) is 11.8 Å². The largest absolute Gasteiger partial charge is 0.508 e. The Hall–Kier alpha value is -4.70. The Labute approximate surface area is 267 Å². The lowest BCUT2D eigenvalue weighted by Crippen LogP contribution is -2.45. The molecule has 0 spiro atoms. The molecule has 4 aromatic rings. The van der Waals surface area contributed by atoms with Gasteiger partial charge in [-0.05, 0) is 85.1 Å². The van der Waals surface area contributed by atoms with Crippen LogP contribution in [0.1, 0.15) is 80.6 Å². The van der Waals surface area contributed by atoms with E-state index in [1.54, 1.807) is 12.1 Å². The molecule has 0 radical (unpaired) electrons. The van der Waals surface area contributed by atoms with Gasteiger partial charge in [0.2, 0.25) is 5.91 Å². The number of benzene rings is 3. The van der Waals surface area contributed by atoms with E-state index < -0.39 is 23.8 Å². The summed E-state index contributed by atoms with van der Waals surface area (Å²) < 4.78 is 4.31. The van der Waals surface area contributed by atoms with Crippen LogP contribution in [0.15, 0.2) is 72.8 Å². The molecule has 0 saturated heterocycles. The van der Waals surface area contributed by atoms with Gasteiger partial charge in [0.1, 0.15) is 16.7 Å². The van der Waals surface area contributed by atoms with Gasteiger partial charge in [0.05, 0.1) is 5.69 Å². The second-order valence-electron chi connectivity index (χ2n) is 11.6. The maximum atomic E-state index is 14.6. The van der Waals surface area contributed by atoms with Crippen LogP contribution in [0.25, 0.3) is 0 Å². The van der Waals surface area contributed by atoms with Gasteiger partial charge in [0.15, 0.2) is 5.69 Å². The molecule has 5 rings (SSSR count). The first-order valence-electron chi connectivity index (χ1n) is 15.3. The molecule has 5 N–H and O–H groups in total. The minimum absolute atomic E-state index is 0.0115. The van der Waals surface area contributed by atoms with Crippen LogP contribution >= 0.6 is 11.5 Å². The zero-order chi connectivity index (χ0) is 31.9. The molecule has 1 fully saturated rings. The number of nitrogens with zero attached hydrogens (tertiary/aromatic N) is 2. The third-order valence-corrected chi connectivity index (χ3v) is 9.04. The minimum atomic E-state index is -1.12. The number of aryl methyl sites for hydroxylation is 2. The summed E-state index contributed by atoms with van der Waals surface area (Å²) >= 11 is 0.851. The summed E-state index contributed by atoms with van der Waals surface area (Å²) in [5, 5.41) is 16.1. The molecule has 3 aromatic carbocycles. The maximum absolute atomic E-state index is 14.6. The number of phenolic OH excluding ortho intramolecular Hbond substituents is 1. The first-order chi connectivity index (χ1) is 21.7. The fraction of sp³-hybridized carbons (Fsp3) is 0.314. The lowest BCUT2D eigenvalue weighted by atomic mass is 9.95. The number of amides is 3. The highest BCUT2D eigenvalue weighted by atomic mass is 32.1. The van der Waals surface area contributed by atoms with Crippen LogP contribution in [0.3, 0.4) is 0 Å². The van der Waals surface area contributed by atoms with Crippen molar-refractivity contribution in [1.82, 2.24) is 15.0 Å². The number of hydrogen-bond donors (Lipinski definition) is 4. The van der Waals surface area contributed by atoms with Crippen LogP contribution in [0.5, 0.6) is 5.75 Å². The van der Waals surface area contributed by atoms with E-state index in [0.29, 0.717) is 24.2 Å². The lowest BCUT2D eigenvalue weighted by Gasteiger charge is -2.32. The molecule has 1 heterocycles. The molecular weight excluding hydrogens is 586 g/mol. The number of rotatable bonds is 10. The van der Waals surface area contributed by atoms with Crippen LogP contribution < -0.4 is 21.3 Å². The third kappa shape index (κ3) is 7.51. The Morgan fingerprint density at radius 2 is 1.71 bits per heavy atom. The van der Waals surface area contributed by atoms with E-state index in [-0.39, 0.29) is 28.0 Å². The summed E-state index contributed by atoms with van der Waals surface area (Å²) in [4.78, 5) is 43.4. The number of phenols is 1. The molecule has 45 heavy (non-hydrogen) atoms. The third-order valence-electron chi connectivity index (χ3n) is 8.19. The van der Waals surface area contributed by atoms with E-state index in [0.717, 1.165) is 60.3 Å². The Morgan fingerprint density at radius 1 is 1.00 bits per heavy atom. The Morgan fingerprint density at radius 3 is 2.42 bits per heavy atom. The molecule has 9 nitrogen and oxygen atoms in total. The molecule has 0 aliphatic heterocycles. The second-order valence-corrected chi connectivity index (χ2v) is 12.3. The van der Waals surface area contributed by atoms with Gasteiger partial charge in [-0.3, -0.25) is 19.3 Å². The first kappa shape index (κ1) is 31.7. The van der Waals surface area contributed by atoms with E-state index >= 15 is 0 Å². The molecule has 1 aliphatic rings. The number of hydrogen-bond acceptors (Lipinski definition) is 7. The zero-order valence-corrected chi connectivity index (χ0v) is 26.4. The molecule has 3 amide bonds. The number of carbonyl (C=O) groups is 3. The van der Waals surface area contributed by atoms with Gasteiger partial charge in [0, 0.05) is 18.3 Å². The molecule has 0 unspecified atom stereocenters. The number of aromatic hydroxyl groups is 1. The number of nitrogens with two attached hydrogens (primary N) is 1. The first-order valence-corrected chi connectivity index (χ1v) is 16.1. The predicted octanol–water partition coefficient (Wildman–Crippen LogP) is 5.86. The lowest BCUT2D eigenvalue weighted by molar-refractivity contribution is -0.122. The van der Waals surface area contributed by atoms with E-state index in [1.165, 1.54) is 17.0 Å². The van der Waals surface area contributed by atoms with Crippen LogP contribution in [0.2, 0.25) is 0 Å². The van der Waals surface area contributed by atoms with Crippen LogP contribution in [0.4, 0.5) is 11.4 Å². The van der Waals surface area contributed by atoms with E-state index in [4.69, 9.17) is 5.73 Å². The summed E-state index contributed by atoms with van der Waals surface area (Å²) in [6.07, 6.45) is 5.66. The Bertz CT molecular complexity index is 1650. The topological polar surface area (TPSA) is 138 Å². The second kappa shape index (κ2) is 14.4.